The number of aryl methyl sites for hydroxylation is 1. The number of thiophene rings is 1. The summed E-state index contributed by atoms with van der Waals surface area (Å²) in [6, 6.07) is 2.15. The van der Waals surface area contributed by atoms with Crippen molar-refractivity contribution in [3.05, 3.63) is 20.3 Å². The Morgan fingerprint density at radius 2 is 2.29 bits per heavy atom. The number of carbonyl (C=O) groups is 1. The molecule has 0 radical (unpaired) electrons. The fourth-order valence-electron chi connectivity index (χ4n) is 1.62. The third kappa shape index (κ3) is 4.77. The summed E-state index contributed by atoms with van der Waals surface area (Å²) in [5.74, 6) is -0.147. The lowest BCUT2D eigenvalue weighted by atomic mass is 10.1. The number of esters is 1. The van der Waals surface area contributed by atoms with Crippen LogP contribution in [-0.4, -0.2) is 13.1 Å². The highest BCUT2D eigenvalue weighted by atomic mass is 79.9. The van der Waals surface area contributed by atoms with Crippen molar-refractivity contribution in [3.8, 4) is 0 Å². The molecule has 3 nitrogen and oxygen atoms in total. The lowest BCUT2D eigenvalue weighted by Crippen LogP contribution is -2.09. The van der Waals surface area contributed by atoms with Crippen LogP contribution in [0.25, 0.3) is 0 Å². The number of methoxy groups -OCH3 is 1. The molecule has 1 atom stereocenters. The molecule has 2 N–H and O–H groups in total. The third-order valence-electron chi connectivity index (χ3n) is 2.55. The van der Waals surface area contributed by atoms with Crippen molar-refractivity contribution in [2.45, 2.75) is 38.6 Å². The van der Waals surface area contributed by atoms with Gasteiger partial charge in [-0.2, -0.15) is 0 Å². The molecule has 0 aliphatic heterocycles. The molecule has 0 aliphatic rings. The highest BCUT2D eigenvalue weighted by Gasteiger charge is 2.13. The Kier molecular flexibility index (Phi) is 6.16. The maximum Gasteiger partial charge on any atom is 0.305 e. The number of rotatable bonds is 6. The molecule has 1 aromatic heterocycles. The molecule has 0 aromatic carbocycles. The first-order chi connectivity index (χ1) is 8.04. The van der Waals surface area contributed by atoms with Crippen molar-refractivity contribution in [1.82, 2.24) is 0 Å². The van der Waals surface area contributed by atoms with E-state index in [9.17, 15) is 4.79 Å². The van der Waals surface area contributed by atoms with Gasteiger partial charge in [-0.1, -0.05) is 6.42 Å². The fourth-order valence-corrected chi connectivity index (χ4v) is 3.60. The van der Waals surface area contributed by atoms with Crippen molar-refractivity contribution >= 4 is 33.2 Å². The lowest BCUT2D eigenvalue weighted by molar-refractivity contribution is -0.140. The number of hydrogen-bond donors (Lipinski definition) is 1. The number of halogens is 1. The first-order valence-electron chi connectivity index (χ1n) is 5.62. The number of ether oxygens (including phenoxy) is 1. The van der Waals surface area contributed by atoms with E-state index in [0.29, 0.717) is 6.42 Å². The number of unbranched alkanes of at least 4 members (excludes halogenated alkanes) is 1. The summed E-state index contributed by atoms with van der Waals surface area (Å²) in [7, 11) is 1.42. The molecule has 0 saturated heterocycles. The van der Waals surface area contributed by atoms with Crippen LogP contribution in [0.15, 0.2) is 10.5 Å². The Hall–Kier alpha value is -0.390. The van der Waals surface area contributed by atoms with Gasteiger partial charge >= 0.3 is 5.97 Å². The van der Waals surface area contributed by atoms with Crippen LogP contribution in [0.5, 0.6) is 0 Å². The molecule has 96 valence electrons. The zero-order valence-corrected chi connectivity index (χ0v) is 12.6. The third-order valence-corrected chi connectivity index (χ3v) is 4.65. The van der Waals surface area contributed by atoms with E-state index in [1.54, 1.807) is 11.3 Å². The molecule has 0 aliphatic carbocycles. The van der Waals surface area contributed by atoms with Gasteiger partial charge in [0.15, 0.2) is 0 Å². The second-order valence-electron chi connectivity index (χ2n) is 4.00. The summed E-state index contributed by atoms with van der Waals surface area (Å²) >= 11 is 5.25. The molecule has 0 saturated carbocycles. The topological polar surface area (TPSA) is 52.3 Å². The quantitative estimate of drug-likeness (QED) is 0.644. The van der Waals surface area contributed by atoms with E-state index in [0.717, 1.165) is 23.7 Å². The van der Waals surface area contributed by atoms with Crippen molar-refractivity contribution in [1.29, 1.82) is 0 Å². The van der Waals surface area contributed by atoms with Crippen molar-refractivity contribution in [2.75, 3.05) is 7.11 Å². The highest BCUT2D eigenvalue weighted by molar-refractivity contribution is 9.10. The van der Waals surface area contributed by atoms with Crippen LogP contribution in [0.3, 0.4) is 0 Å². The van der Waals surface area contributed by atoms with E-state index in [1.165, 1.54) is 16.9 Å². The molecule has 0 spiro atoms. The van der Waals surface area contributed by atoms with Crippen molar-refractivity contribution < 1.29 is 9.53 Å². The predicted octanol–water partition coefficient (Wildman–Crippen LogP) is 3.55. The minimum atomic E-state index is -0.147. The summed E-state index contributed by atoms with van der Waals surface area (Å²) in [6.45, 7) is 2.07. The number of carbonyl (C=O) groups excluding carboxylic acids is 1. The summed E-state index contributed by atoms with van der Waals surface area (Å²) in [4.78, 5) is 13.4. The van der Waals surface area contributed by atoms with Crippen LogP contribution in [0.2, 0.25) is 0 Å². The molecule has 0 fully saturated rings. The van der Waals surface area contributed by atoms with E-state index in [-0.39, 0.29) is 12.0 Å². The molecule has 1 aromatic rings. The second kappa shape index (κ2) is 7.13. The van der Waals surface area contributed by atoms with Gasteiger partial charge in [-0.25, -0.2) is 0 Å². The van der Waals surface area contributed by atoms with Crippen molar-refractivity contribution in [2.24, 2.45) is 5.73 Å². The summed E-state index contributed by atoms with van der Waals surface area (Å²) in [6.07, 6.45) is 3.16. The van der Waals surface area contributed by atoms with E-state index in [1.807, 2.05) is 0 Å². The molecule has 5 heteroatoms. The zero-order chi connectivity index (χ0) is 12.8. The normalized spacial score (nSPS) is 12.5. The minimum Gasteiger partial charge on any atom is -0.469 e. The molecule has 17 heavy (non-hydrogen) atoms. The molecule has 0 amide bonds. The molecule has 1 rings (SSSR count). The van der Waals surface area contributed by atoms with Gasteiger partial charge in [0.05, 0.1) is 7.11 Å². The standard InChI is InChI=1S/C12H18BrNO2S/c1-8-7-9(13)12(17-8)10(14)5-3-4-6-11(15)16-2/h7,10H,3-6,14H2,1-2H3. The van der Waals surface area contributed by atoms with Gasteiger partial charge in [0.2, 0.25) is 0 Å². The number of nitrogens with two attached hydrogens (primary N) is 1. The number of hydrogen-bond acceptors (Lipinski definition) is 4. The van der Waals surface area contributed by atoms with Gasteiger partial charge in [0.1, 0.15) is 0 Å². The maximum absolute atomic E-state index is 10.9. The van der Waals surface area contributed by atoms with E-state index in [4.69, 9.17) is 5.73 Å². The first-order valence-corrected chi connectivity index (χ1v) is 7.23. The fraction of sp³-hybridized carbons (Fsp3) is 0.583. The first kappa shape index (κ1) is 14.7. The summed E-state index contributed by atoms with van der Waals surface area (Å²) in [5, 5.41) is 0. The van der Waals surface area contributed by atoms with E-state index in [2.05, 4.69) is 33.7 Å². The van der Waals surface area contributed by atoms with Crippen LogP contribution in [-0.2, 0) is 9.53 Å². The molecule has 1 unspecified atom stereocenters. The second-order valence-corrected chi connectivity index (χ2v) is 6.14. The smallest absolute Gasteiger partial charge is 0.305 e. The van der Waals surface area contributed by atoms with E-state index >= 15 is 0 Å². The molecular weight excluding hydrogens is 302 g/mol. The Morgan fingerprint density at radius 1 is 1.59 bits per heavy atom. The Balaban J connectivity index is 2.32. The van der Waals surface area contributed by atoms with Gasteiger partial charge < -0.3 is 10.5 Å². The summed E-state index contributed by atoms with van der Waals surface area (Å²) < 4.78 is 5.69. The predicted molar refractivity (Wildman–Crippen MR) is 74.2 cm³/mol. The van der Waals surface area contributed by atoms with Crippen LogP contribution in [0.1, 0.15) is 41.5 Å². The lowest BCUT2D eigenvalue weighted by Gasteiger charge is -2.09. The monoisotopic (exact) mass is 319 g/mol. The minimum absolute atomic E-state index is 0.0562. The highest BCUT2D eigenvalue weighted by Crippen LogP contribution is 2.33. The SMILES string of the molecule is COC(=O)CCCCC(N)c1sc(C)cc1Br. The van der Waals surface area contributed by atoms with Gasteiger partial charge in [-0.05, 0) is 41.8 Å². The molecule has 1 heterocycles. The molecule has 0 bridgehead atoms. The Labute approximate surface area is 114 Å². The van der Waals surface area contributed by atoms with Crippen LogP contribution in [0.4, 0.5) is 0 Å². The van der Waals surface area contributed by atoms with Crippen LogP contribution >= 0.6 is 27.3 Å². The van der Waals surface area contributed by atoms with Gasteiger partial charge in [-0.3, -0.25) is 4.79 Å². The maximum atomic E-state index is 10.9. The Morgan fingerprint density at radius 3 is 2.82 bits per heavy atom. The van der Waals surface area contributed by atoms with Crippen LogP contribution in [0, 0.1) is 6.92 Å². The Bertz CT molecular complexity index is 379. The van der Waals surface area contributed by atoms with Crippen LogP contribution < -0.4 is 5.73 Å². The zero-order valence-electron chi connectivity index (χ0n) is 10.2. The largest absolute Gasteiger partial charge is 0.469 e. The van der Waals surface area contributed by atoms with Gasteiger partial charge in [0.25, 0.3) is 0 Å². The average molecular weight is 320 g/mol. The van der Waals surface area contributed by atoms with E-state index < -0.39 is 0 Å². The average Bonchev–Trinajstić information content (AvgIpc) is 2.63. The van der Waals surface area contributed by atoms with Gasteiger partial charge in [-0.15, -0.1) is 11.3 Å². The van der Waals surface area contributed by atoms with Crippen molar-refractivity contribution in [3.63, 3.8) is 0 Å². The van der Waals surface area contributed by atoms with Gasteiger partial charge in [0, 0.05) is 26.7 Å². The summed E-state index contributed by atoms with van der Waals surface area (Å²) in [5.41, 5.74) is 6.12. The molecular formula is C12H18BrNO2S.